The number of carbonyl (C=O) groups excluding carboxylic acids is 1. The Hall–Kier alpha value is -3.97. The van der Waals surface area contributed by atoms with Crippen molar-refractivity contribution < 1.29 is 14.6 Å². The number of amides is 1. The van der Waals surface area contributed by atoms with Gasteiger partial charge in [-0.25, -0.2) is 9.97 Å². The molecule has 4 aromatic rings. The standard InChI is InChI=1S/C19H15N5O2S.C3H7NO/c1-26-11-6-7-15-16(8-11)24-19(23-15)27-10-17(25)12(9-20)18-21-13-4-2-3-5-14(13)22-18;1-4(2)3-5/h2-8,25H,10H2,1H3,(H,21,22)(H,23,24);3H,1-2H3. The molecule has 0 radical (unpaired) electrons. The van der Waals surface area contributed by atoms with E-state index in [1.165, 1.54) is 16.7 Å². The van der Waals surface area contributed by atoms with Gasteiger partial charge in [0.1, 0.15) is 23.2 Å². The van der Waals surface area contributed by atoms with Crippen molar-refractivity contribution in [2.45, 2.75) is 5.16 Å². The van der Waals surface area contributed by atoms with Crippen LogP contribution < -0.4 is 4.74 Å². The molecule has 2 heterocycles. The Balaban J connectivity index is 0.000000523. The topological polar surface area (TPSA) is 131 Å². The number of nitrogens with zero attached hydrogens (tertiary/aromatic N) is 4. The van der Waals surface area contributed by atoms with Crippen LogP contribution in [-0.4, -0.2) is 63.3 Å². The highest BCUT2D eigenvalue weighted by Crippen LogP contribution is 2.26. The number of fused-ring (bicyclic) bond motifs is 2. The lowest BCUT2D eigenvalue weighted by molar-refractivity contribution is -0.115. The van der Waals surface area contributed by atoms with E-state index in [9.17, 15) is 15.2 Å². The maximum atomic E-state index is 10.4. The van der Waals surface area contributed by atoms with Crippen LogP contribution in [0.5, 0.6) is 5.75 Å². The SMILES string of the molecule is CN(C)C=O.COc1ccc2nc(SCC(O)=C(C#N)c3nc4ccccc4[nH]3)[nH]c2c1. The number of nitrogens with one attached hydrogen (secondary N) is 2. The molecule has 3 N–H and O–H groups in total. The third-order valence-corrected chi connectivity index (χ3v) is 5.13. The van der Waals surface area contributed by atoms with Crippen molar-refractivity contribution in [3.05, 3.63) is 54.0 Å². The number of H-pyrrole nitrogens is 2. The zero-order chi connectivity index (χ0) is 23.1. The Bertz CT molecular complexity index is 1270. The molecule has 10 heteroatoms. The molecule has 0 spiro atoms. The molecule has 4 rings (SSSR count). The minimum absolute atomic E-state index is 0.0559. The second kappa shape index (κ2) is 10.4. The largest absolute Gasteiger partial charge is 0.510 e. The van der Waals surface area contributed by atoms with Gasteiger partial charge in [0.05, 0.1) is 34.9 Å². The molecule has 2 aromatic heterocycles. The summed E-state index contributed by atoms with van der Waals surface area (Å²) in [6.07, 6.45) is 0.750. The minimum Gasteiger partial charge on any atom is -0.510 e. The van der Waals surface area contributed by atoms with E-state index in [4.69, 9.17) is 4.74 Å². The fourth-order valence-corrected chi connectivity index (χ4v) is 3.46. The lowest BCUT2D eigenvalue weighted by Crippen LogP contribution is -2.06. The molecule has 0 fully saturated rings. The Morgan fingerprint density at radius 1 is 1.19 bits per heavy atom. The molecule has 0 aliphatic heterocycles. The number of thioether (sulfide) groups is 1. The van der Waals surface area contributed by atoms with Crippen LogP contribution in [0.1, 0.15) is 5.82 Å². The van der Waals surface area contributed by atoms with Gasteiger partial charge in [-0.05, 0) is 24.3 Å². The van der Waals surface area contributed by atoms with Crippen LogP contribution in [0.3, 0.4) is 0 Å². The van der Waals surface area contributed by atoms with E-state index in [2.05, 4.69) is 19.9 Å². The molecular formula is C22H22N6O3S. The molecule has 0 atom stereocenters. The second-order valence-electron chi connectivity index (χ2n) is 6.82. The first-order valence-electron chi connectivity index (χ1n) is 9.50. The number of ether oxygens (including phenoxy) is 1. The third-order valence-electron chi connectivity index (χ3n) is 4.25. The van der Waals surface area contributed by atoms with Gasteiger partial charge < -0.3 is 24.7 Å². The van der Waals surface area contributed by atoms with Gasteiger partial charge >= 0.3 is 0 Å². The molecule has 1 amide bonds. The summed E-state index contributed by atoms with van der Waals surface area (Å²) in [6.45, 7) is 0. The van der Waals surface area contributed by atoms with Crippen molar-refractivity contribution in [1.82, 2.24) is 24.8 Å². The smallest absolute Gasteiger partial charge is 0.209 e. The highest BCUT2D eigenvalue weighted by atomic mass is 32.2. The predicted molar refractivity (Wildman–Crippen MR) is 124 cm³/mol. The molecule has 0 saturated heterocycles. The van der Waals surface area contributed by atoms with E-state index in [0.29, 0.717) is 11.0 Å². The summed E-state index contributed by atoms with van der Waals surface area (Å²) in [5.74, 6) is 1.23. The number of rotatable bonds is 6. The summed E-state index contributed by atoms with van der Waals surface area (Å²) in [5.41, 5.74) is 3.33. The molecule has 0 aliphatic rings. The number of nitriles is 1. The molecule has 32 heavy (non-hydrogen) atoms. The van der Waals surface area contributed by atoms with Crippen LogP contribution in [0.25, 0.3) is 27.6 Å². The van der Waals surface area contributed by atoms with Gasteiger partial charge in [0, 0.05) is 20.2 Å². The van der Waals surface area contributed by atoms with Crippen LogP contribution in [0, 0.1) is 11.3 Å². The maximum Gasteiger partial charge on any atom is 0.209 e. The molecule has 0 saturated carbocycles. The molecule has 164 valence electrons. The minimum atomic E-state index is -0.0559. The van der Waals surface area contributed by atoms with Gasteiger partial charge in [-0.2, -0.15) is 5.26 Å². The average Bonchev–Trinajstić information content (AvgIpc) is 3.41. The van der Waals surface area contributed by atoms with E-state index in [1.807, 2.05) is 48.5 Å². The number of hydrogen-bond acceptors (Lipinski definition) is 7. The molecule has 0 unspecified atom stereocenters. The second-order valence-corrected chi connectivity index (χ2v) is 7.78. The van der Waals surface area contributed by atoms with E-state index < -0.39 is 0 Å². The number of aromatic nitrogens is 4. The summed E-state index contributed by atoms with van der Waals surface area (Å²) in [4.78, 5) is 25.9. The van der Waals surface area contributed by atoms with Crippen LogP contribution in [0.4, 0.5) is 0 Å². The molecule has 0 aliphatic carbocycles. The number of aliphatic hydroxyl groups is 1. The maximum absolute atomic E-state index is 10.4. The van der Waals surface area contributed by atoms with Crippen LogP contribution in [-0.2, 0) is 4.79 Å². The Morgan fingerprint density at radius 2 is 1.91 bits per heavy atom. The number of aromatic amines is 2. The van der Waals surface area contributed by atoms with E-state index in [0.717, 1.165) is 34.2 Å². The van der Waals surface area contributed by atoms with Crippen molar-refractivity contribution in [3.8, 4) is 11.8 Å². The number of carbonyl (C=O) groups is 1. The predicted octanol–water partition coefficient (Wildman–Crippen LogP) is 3.74. The lowest BCUT2D eigenvalue weighted by atomic mass is 10.2. The number of allylic oxidation sites excluding steroid dienone is 1. The summed E-state index contributed by atoms with van der Waals surface area (Å²) in [5, 5.41) is 20.5. The summed E-state index contributed by atoms with van der Waals surface area (Å²) in [6, 6.07) is 15.1. The number of hydrogen-bond donors (Lipinski definition) is 3. The van der Waals surface area contributed by atoms with Crippen molar-refractivity contribution >= 4 is 45.8 Å². The summed E-state index contributed by atoms with van der Waals surface area (Å²) < 4.78 is 5.20. The van der Waals surface area contributed by atoms with Crippen molar-refractivity contribution in [2.24, 2.45) is 0 Å². The van der Waals surface area contributed by atoms with Crippen LogP contribution in [0.15, 0.2) is 53.4 Å². The van der Waals surface area contributed by atoms with E-state index in [1.54, 1.807) is 21.2 Å². The van der Waals surface area contributed by atoms with Gasteiger partial charge in [-0.1, -0.05) is 23.9 Å². The van der Waals surface area contributed by atoms with Crippen molar-refractivity contribution in [2.75, 3.05) is 27.0 Å². The number of methoxy groups -OCH3 is 1. The van der Waals surface area contributed by atoms with Crippen molar-refractivity contribution in [1.29, 1.82) is 5.26 Å². The molecule has 2 aromatic carbocycles. The lowest BCUT2D eigenvalue weighted by Gasteiger charge is -2.00. The van der Waals surface area contributed by atoms with E-state index >= 15 is 0 Å². The first-order valence-corrected chi connectivity index (χ1v) is 10.5. The monoisotopic (exact) mass is 450 g/mol. The quantitative estimate of drug-likeness (QED) is 0.176. The zero-order valence-electron chi connectivity index (χ0n) is 17.8. The number of benzene rings is 2. The zero-order valence-corrected chi connectivity index (χ0v) is 18.6. The van der Waals surface area contributed by atoms with Crippen LogP contribution >= 0.6 is 11.8 Å². The number of para-hydroxylation sites is 2. The van der Waals surface area contributed by atoms with Gasteiger partial charge in [0.2, 0.25) is 6.41 Å². The van der Waals surface area contributed by atoms with Gasteiger partial charge in [0.25, 0.3) is 0 Å². The van der Waals surface area contributed by atoms with Gasteiger partial charge in [-0.15, -0.1) is 0 Å². The first kappa shape index (κ1) is 22.7. The molecule has 9 nitrogen and oxygen atoms in total. The Kier molecular flexibility index (Phi) is 7.36. The normalized spacial score (nSPS) is 11.3. The fourth-order valence-electron chi connectivity index (χ4n) is 2.69. The fraction of sp³-hybridized carbons (Fsp3) is 0.182. The number of imidazole rings is 2. The summed E-state index contributed by atoms with van der Waals surface area (Å²) >= 11 is 1.30. The molecule has 0 bridgehead atoms. The van der Waals surface area contributed by atoms with E-state index in [-0.39, 0.29) is 17.1 Å². The molecular weight excluding hydrogens is 428 g/mol. The first-order chi connectivity index (χ1) is 15.4. The highest BCUT2D eigenvalue weighted by molar-refractivity contribution is 7.99. The number of aliphatic hydroxyl groups excluding tert-OH is 1. The Labute approximate surface area is 188 Å². The highest BCUT2D eigenvalue weighted by Gasteiger charge is 2.14. The summed E-state index contributed by atoms with van der Waals surface area (Å²) in [7, 11) is 4.98. The van der Waals surface area contributed by atoms with Gasteiger partial charge in [-0.3, -0.25) is 4.79 Å². The third kappa shape index (κ3) is 5.39. The van der Waals surface area contributed by atoms with Crippen LogP contribution in [0.2, 0.25) is 0 Å². The van der Waals surface area contributed by atoms with Crippen molar-refractivity contribution in [3.63, 3.8) is 0 Å². The Morgan fingerprint density at radius 3 is 2.56 bits per heavy atom. The average molecular weight is 451 g/mol. The van der Waals surface area contributed by atoms with Gasteiger partial charge in [0.15, 0.2) is 11.0 Å².